The molecule has 1 atom stereocenters. The largest absolute Gasteiger partial charge is 0.382 e. The third-order valence-electron chi connectivity index (χ3n) is 5.57. The second-order valence-electron chi connectivity index (χ2n) is 7.27. The Morgan fingerprint density at radius 3 is 2.84 bits per heavy atom. The van der Waals surface area contributed by atoms with Crippen LogP contribution in [-0.4, -0.2) is 25.0 Å². The molecule has 1 unspecified atom stereocenters. The number of hydrogen-bond donors (Lipinski definition) is 2. The number of rotatable bonds is 7. The summed E-state index contributed by atoms with van der Waals surface area (Å²) in [5.41, 5.74) is 2.66. The van der Waals surface area contributed by atoms with E-state index in [0.717, 1.165) is 48.9 Å². The number of benzene rings is 1. The van der Waals surface area contributed by atoms with Crippen molar-refractivity contribution in [3.8, 4) is 0 Å². The maximum Gasteiger partial charge on any atom is 0.228 e. The number of anilines is 1. The molecular formula is C20H28N2O3. The van der Waals surface area contributed by atoms with E-state index in [-0.39, 0.29) is 23.3 Å². The van der Waals surface area contributed by atoms with E-state index in [0.29, 0.717) is 19.6 Å². The van der Waals surface area contributed by atoms with Crippen LogP contribution in [0.3, 0.4) is 0 Å². The van der Waals surface area contributed by atoms with Gasteiger partial charge in [-0.1, -0.05) is 25.0 Å². The van der Waals surface area contributed by atoms with Crippen LogP contribution in [0.25, 0.3) is 0 Å². The summed E-state index contributed by atoms with van der Waals surface area (Å²) in [6.45, 7) is 5.33. The molecule has 2 aliphatic rings. The van der Waals surface area contributed by atoms with Gasteiger partial charge in [0.05, 0.1) is 17.9 Å². The average molecular weight is 344 g/mol. The second-order valence-corrected chi connectivity index (χ2v) is 7.27. The van der Waals surface area contributed by atoms with Gasteiger partial charge in [-0.05, 0) is 50.3 Å². The molecule has 1 aromatic carbocycles. The van der Waals surface area contributed by atoms with Gasteiger partial charge in [0.1, 0.15) is 0 Å². The first-order valence-corrected chi connectivity index (χ1v) is 9.35. The van der Waals surface area contributed by atoms with E-state index in [4.69, 9.17) is 4.74 Å². The molecule has 1 aliphatic heterocycles. The van der Waals surface area contributed by atoms with Gasteiger partial charge in [-0.15, -0.1) is 0 Å². The Kier molecular flexibility index (Phi) is 5.42. The molecule has 1 heterocycles. The minimum absolute atomic E-state index is 0.0321. The fourth-order valence-electron chi connectivity index (χ4n) is 4.01. The van der Waals surface area contributed by atoms with Crippen LogP contribution >= 0.6 is 0 Å². The molecular weight excluding hydrogens is 316 g/mol. The number of ether oxygens (including phenoxy) is 1. The molecule has 5 heteroatoms. The molecule has 5 nitrogen and oxygen atoms in total. The lowest BCUT2D eigenvalue weighted by Crippen LogP contribution is -2.41. The molecule has 3 rings (SSSR count). The Morgan fingerprint density at radius 2 is 2.12 bits per heavy atom. The number of amides is 2. The van der Waals surface area contributed by atoms with Gasteiger partial charge in [-0.3, -0.25) is 9.59 Å². The van der Waals surface area contributed by atoms with Gasteiger partial charge in [0.25, 0.3) is 0 Å². The lowest BCUT2D eigenvalue weighted by molar-refractivity contribution is -0.132. The Hall–Kier alpha value is -1.88. The molecule has 0 aromatic heterocycles. The summed E-state index contributed by atoms with van der Waals surface area (Å²) in [4.78, 5) is 24.5. The van der Waals surface area contributed by atoms with Crippen LogP contribution in [0.4, 0.5) is 5.69 Å². The van der Waals surface area contributed by atoms with Gasteiger partial charge in [0, 0.05) is 18.9 Å². The lowest BCUT2D eigenvalue weighted by atomic mass is 9.81. The molecule has 1 fully saturated rings. The van der Waals surface area contributed by atoms with Crippen LogP contribution in [0.2, 0.25) is 0 Å². The Bertz CT molecular complexity index is 650. The minimum atomic E-state index is -0.280. The monoisotopic (exact) mass is 344 g/mol. The Balaban J connectivity index is 1.67. The van der Waals surface area contributed by atoms with Crippen LogP contribution < -0.4 is 10.6 Å². The number of carbonyl (C=O) groups excluding carboxylic acids is 2. The highest BCUT2D eigenvalue weighted by Gasteiger charge is 2.41. The van der Waals surface area contributed by atoms with Crippen molar-refractivity contribution in [3.63, 3.8) is 0 Å². The number of nitrogens with one attached hydrogen (secondary N) is 2. The Labute approximate surface area is 149 Å². The minimum Gasteiger partial charge on any atom is -0.382 e. The molecule has 0 saturated heterocycles. The van der Waals surface area contributed by atoms with Crippen LogP contribution in [0.5, 0.6) is 0 Å². The van der Waals surface area contributed by atoms with E-state index in [9.17, 15) is 9.59 Å². The van der Waals surface area contributed by atoms with Gasteiger partial charge >= 0.3 is 0 Å². The summed E-state index contributed by atoms with van der Waals surface area (Å²) < 4.78 is 5.50. The molecule has 136 valence electrons. The normalized spacial score (nSPS) is 19.4. The van der Waals surface area contributed by atoms with Crippen molar-refractivity contribution in [2.75, 3.05) is 18.5 Å². The van der Waals surface area contributed by atoms with E-state index in [1.165, 1.54) is 0 Å². The number of hydrogen-bond acceptors (Lipinski definition) is 3. The first-order chi connectivity index (χ1) is 12.0. The van der Waals surface area contributed by atoms with Gasteiger partial charge in [0.15, 0.2) is 0 Å². The molecule has 0 spiro atoms. The van der Waals surface area contributed by atoms with Gasteiger partial charge in [0.2, 0.25) is 11.8 Å². The topological polar surface area (TPSA) is 67.4 Å². The first kappa shape index (κ1) is 17.9. The van der Waals surface area contributed by atoms with Crippen LogP contribution in [0.1, 0.15) is 63.1 Å². The Morgan fingerprint density at radius 1 is 1.36 bits per heavy atom. The van der Waals surface area contributed by atoms with Gasteiger partial charge < -0.3 is 15.4 Å². The zero-order valence-corrected chi connectivity index (χ0v) is 15.2. The standard InChI is InChI=1S/C20H28N2O3/c1-3-25-11-10-20(8-4-5-9-20)19(24)21-14(2)15-6-7-17-16(12-15)13-18(23)22-17/h6-7,12,14H,3-5,8-11,13H2,1-2H3,(H,21,24)(H,22,23). The summed E-state index contributed by atoms with van der Waals surface area (Å²) in [5.74, 6) is 0.177. The highest BCUT2D eigenvalue weighted by Crippen LogP contribution is 2.42. The molecule has 1 saturated carbocycles. The summed E-state index contributed by atoms with van der Waals surface area (Å²) >= 11 is 0. The van der Waals surface area contributed by atoms with E-state index in [2.05, 4.69) is 10.6 Å². The predicted molar refractivity (Wildman–Crippen MR) is 97.3 cm³/mol. The molecule has 2 N–H and O–H groups in total. The fraction of sp³-hybridized carbons (Fsp3) is 0.600. The van der Waals surface area contributed by atoms with Crippen LogP contribution in [0.15, 0.2) is 18.2 Å². The van der Waals surface area contributed by atoms with Gasteiger partial charge in [-0.2, -0.15) is 0 Å². The molecule has 2 amide bonds. The van der Waals surface area contributed by atoms with Crippen molar-refractivity contribution < 1.29 is 14.3 Å². The third kappa shape index (κ3) is 3.87. The molecule has 25 heavy (non-hydrogen) atoms. The SMILES string of the molecule is CCOCCC1(C(=O)NC(C)c2ccc3c(c2)CC(=O)N3)CCCC1. The van der Waals surface area contributed by atoms with E-state index in [1.54, 1.807) is 0 Å². The first-order valence-electron chi connectivity index (χ1n) is 9.35. The quantitative estimate of drug-likeness (QED) is 0.746. The van der Waals surface area contributed by atoms with Crippen molar-refractivity contribution in [2.24, 2.45) is 5.41 Å². The second kappa shape index (κ2) is 7.56. The third-order valence-corrected chi connectivity index (χ3v) is 5.57. The smallest absolute Gasteiger partial charge is 0.228 e. The van der Waals surface area contributed by atoms with Crippen molar-refractivity contribution in [1.82, 2.24) is 5.32 Å². The van der Waals surface area contributed by atoms with E-state index >= 15 is 0 Å². The summed E-state index contributed by atoms with van der Waals surface area (Å²) in [7, 11) is 0. The number of fused-ring (bicyclic) bond motifs is 1. The molecule has 0 radical (unpaired) electrons. The maximum atomic E-state index is 13.0. The summed E-state index contributed by atoms with van der Waals surface area (Å²) in [6.07, 6.45) is 5.33. The van der Waals surface area contributed by atoms with Crippen molar-refractivity contribution in [1.29, 1.82) is 0 Å². The fourth-order valence-corrected chi connectivity index (χ4v) is 4.01. The maximum absolute atomic E-state index is 13.0. The summed E-state index contributed by atoms with van der Waals surface area (Å²) in [5, 5.41) is 6.05. The van der Waals surface area contributed by atoms with Crippen molar-refractivity contribution in [3.05, 3.63) is 29.3 Å². The van der Waals surface area contributed by atoms with Gasteiger partial charge in [-0.25, -0.2) is 0 Å². The predicted octanol–water partition coefficient (Wildman–Crippen LogP) is 3.35. The van der Waals surface area contributed by atoms with E-state index in [1.807, 2.05) is 32.0 Å². The zero-order valence-electron chi connectivity index (χ0n) is 15.2. The zero-order chi connectivity index (χ0) is 17.9. The van der Waals surface area contributed by atoms with Crippen molar-refractivity contribution >= 4 is 17.5 Å². The molecule has 1 aliphatic carbocycles. The van der Waals surface area contributed by atoms with Crippen molar-refractivity contribution in [2.45, 2.75) is 58.4 Å². The highest BCUT2D eigenvalue weighted by molar-refractivity contribution is 5.99. The summed E-state index contributed by atoms with van der Waals surface area (Å²) in [6, 6.07) is 5.87. The van der Waals surface area contributed by atoms with Crippen LogP contribution in [-0.2, 0) is 20.7 Å². The number of carbonyl (C=O) groups is 2. The van der Waals surface area contributed by atoms with E-state index < -0.39 is 0 Å². The lowest BCUT2D eigenvalue weighted by Gasteiger charge is -2.29. The van der Waals surface area contributed by atoms with Crippen LogP contribution in [0, 0.1) is 5.41 Å². The molecule has 1 aromatic rings. The molecule has 0 bridgehead atoms. The average Bonchev–Trinajstić information content (AvgIpc) is 3.20. The highest BCUT2D eigenvalue weighted by atomic mass is 16.5.